The van der Waals surface area contributed by atoms with E-state index in [1.165, 1.54) is 30.3 Å². The van der Waals surface area contributed by atoms with Gasteiger partial charge < -0.3 is 16.2 Å². The van der Waals surface area contributed by atoms with Gasteiger partial charge in [0.2, 0.25) is 0 Å². The lowest BCUT2D eigenvalue weighted by atomic mass is 9.97. The molecule has 1 aromatic heterocycles. The fraction of sp³-hybridized carbons (Fsp3) is 0.200. The van der Waals surface area contributed by atoms with Gasteiger partial charge >= 0.3 is 6.18 Å². The van der Waals surface area contributed by atoms with Gasteiger partial charge in [0.05, 0.1) is 16.6 Å². The Morgan fingerprint density at radius 1 is 0.970 bits per heavy atom. The number of hydrogen-bond donors (Lipinski definition) is 3. The summed E-state index contributed by atoms with van der Waals surface area (Å²) in [5, 5.41) is 14.6. The molecular formula is C25H23F3N4O. The second kappa shape index (κ2) is 9.07. The third-order valence-corrected chi connectivity index (χ3v) is 5.44. The summed E-state index contributed by atoms with van der Waals surface area (Å²) in [6.45, 7) is 2.47. The van der Waals surface area contributed by atoms with E-state index >= 15 is 0 Å². The molecule has 8 heteroatoms. The van der Waals surface area contributed by atoms with E-state index < -0.39 is 11.7 Å². The molecule has 4 aromatic rings. The monoisotopic (exact) mass is 452 g/mol. The van der Waals surface area contributed by atoms with Gasteiger partial charge in [-0.1, -0.05) is 43.3 Å². The van der Waals surface area contributed by atoms with Gasteiger partial charge in [0, 0.05) is 18.0 Å². The maximum atomic E-state index is 13.6. The Bertz CT molecular complexity index is 1290. The molecule has 33 heavy (non-hydrogen) atoms. The number of anilines is 1. The molecule has 0 spiro atoms. The van der Waals surface area contributed by atoms with Crippen molar-refractivity contribution in [1.82, 2.24) is 9.97 Å². The van der Waals surface area contributed by atoms with Gasteiger partial charge in [-0.15, -0.1) is 0 Å². The number of alkyl halides is 3. The van der Waals surface area contributed by atoms with Gasteiger partial charge in [-0.3, -0.25) is 0 Å². The first-order valence-corrected chi connectivity index (χ1v) is 10.5. The Kier molecular flexibility index (Phi) is 6.20. The van der Waals surface area contributed by atoms with E-state index in [0.29, 0.717) is 23.4 Å². The predicted molar refractivity (Wildman–Crippen MR) is 124 cm³/mol. The van der Waals surface area contributed by atoms with Crippen LogP contribution in [-0.4, -0.2) is 27.7 Å². The second-order valence-corrected chi connectivity index (χ2v) is 7.74. The van der Waals surface area contributed by atoms with Crippen molar-refractivity contribution in [2.45, 2.75) is 25.6 Å². The van der Waals surface area contributed by atoms with Gasteiger partial charge in [-0.2, -0.15) is 13.2 Å². The number of aromatic hydroxyl groups is 1. The topological polar surface area (TPSA) is 84.1 Å². The highest BCUT2D eigenvalue weighted by atomic mass is 19.4. The Morgan fingerprint density at radius 3 is 2.45 bits per heavy atom. The molecule has 1 heterocycles. The number of fused-ring (bicyclic) bond motifs is 1. The van der Waals surface area contributed by atoms with E-state index in [0.717, 1.165) is 17.9 Å². The minimum Gasteiger partial charge on any atom is -0.507 e. The molecule has 170 valence electrons. The van der Waals surface area contributed by atoms with Crippen molar-refractivity contribution in [3.63, 3.8) is 0 Å². The fourth-order valence-electron chi connectivity index (χ4n) is 3.57. The first kappa shape index (κ1) is 22.5. The van der Waals surface area contributed by atoms with Crippen LogP contribution in [0.25, 0.3) is 33.4 Å². The molecule has 0 fully saturated rings. The molecule has 3 aromatic carbocycles. The molecule has 0 unspecified atom stereocenters. The zero-order valence-corrected chi connectivity index (χ0v) is 17.9. The van der Waals surface area contributed by atoms with Crippen molar-refractivity contribution in [3.8, 4) is 28.3 Å². The SMILES string of the molecule is CC[C@H](N)CNc1nc(-c2cc(-c3ccccc3C(F)(F)F)ccc2O)nc2ccccc12. The summed E-state index contributed by atoms with van der Waals surface area (Å²) >= 11 is 0. The zero-order valence-electron chi connectivity index (χ0n) is 17.9. The molecule has 0 saturated carbocycles. The van der Waals surface area contributed by atoms with Crippen molar-refractivity contribution in [1.29, 1.82) is 0 Å². The van der Waals surface area contributed by atoms with Crippen LogP contribution in [-0.2, 0) is 6.18 Å². The number of nitrogens with one attached hydrogen (secondary N) is 1. The van der Waals surface area contributed by atoms with Crippen molar-refractivity contribution in [2.75, 3.05) is 11.9 Å². The number of para-hydroxylation sites is 1. The first-order chi connectivity index (χ1) is 15.8. The van der Waals surface area contributed by atoms with E-state index in [9.17, 15) is 18.3 Å². The van der Waals surface area contributed by atoms with Crippen LogP contribution in [0, 0.1) is 0 Å². The van der Waals surface area contributed by atoms with Crippen molar-refractivity contribution >= 4 is 16.7 Å². The number of halogens is 3. The lowest BCUT2D eigenvalue weighted by Gasteiger charge is -2.16. The highest BCUT2D eigenvalue weighted by Gasteiger charge is 2.33. The predicted octanol–water partition coefficient (Wildman–Crippen LogP) is 5.84. The first-order valence-electron chi connectivity index (χ1n) is 10.5. The number of phenols is 1. The van der Waals surface area contributed by atoms with Crippen LogP contribution in [0.2, 0.25) is 0 Å². The number of benzene rings is 3. The largest absolute Gasteiger partial charge is 0.507 e. The van der Waals surface area contributed by atoms with Crippen molar-refractivity contribution in [3.05, 3.63) is 72.3 Å². The summed E-state index contributed by atoms with van der Waals surface area (Å²) in [7, 11) is 0. The Morgan fingerprint density at radius 2 is 1.70 bits per heavy atom. The average Bonchev–Trinajstić information content (AvgIpc) is 2.82. The summed E-state index contributed by atoms with van der Waals surface area (Å²) in [6.07, 6.45) is -3.73. The van der Waals surface area contributed by atoms with Gasteiger partial charge in [0.1, 0.15) is 11.6 Å². The third kappa shape index (κ3) is 4.75. The number of nitrogens with two attached hydrogens (primary N) is 1. The molecule has 5 nitrogen and oxygen atoms in total. The number of phenolic OH excluding ortho intramolecular Hbond substituents is 1. The van der Waals surface area contributed by atoms with Crippen LogP contribution in [0.1, 0.15) is 18.9 Å². The lowest BCUT2D eigenvalue weighted by molar-refractivity contribution is -0.137. The molecular weight excluding hydrogens is 429 g/mol. The van der Waals surface area contributed by atoms with Crippen molar-refractivity contribution in [2.24, 2.45) is 5.73 Å². The highest BCUT2D eigenvalue weighted by Crippen LogP contribution is 2.39. The molecule has 0 saturated heterocycles. The average molecular weight is 452 g/mol. The molecule has 0 aliphatic heterocycles. The van der Waals surface area contributed by atoms with Crippen LogP contribution in [0.5, 0.6) is 5.75 Å². The van der Waals surface area contributed by atoms with Crippen LogP contribution in [0.15, 0.2) is 66.7 Å². The summed E-state index contributed by atoms with van der Waals surface area (Å²) in [4.78, 5) is 9.14. The number of rotatable bonds is 6. The van der Waals surface area contributed by atoms with E-state index in [2.05, 4.69) is 15.3 Å². The van der Waals surface area contributed by atoms with E-state index in [-0.39, 0.29) is 28.7 Å². The van der Waals surface area contributed by atoms with Crippen LogP contribution >= 0.6 is 0 Å². The number of hydrogen-bond acceptors (Lipinski definition) is 5. The molecule has 0 radical (unpaired) electrons. The van der Waals surface area contributed by atoms with Crippen LogP contribution in [0.4, 0.5) is 19.0 Å². The molecule has 4 N–H and O–H groups in total. The van der Waals surface area contributed by atoms with Gasteiger partial charge in [-0.25, -0.2) is 9.97 Å². The van der Waals surface area contributed by atoms with Crippen molar-refractivity contribution < 1.29 is 18.3 Å². The van der Waals surface area contributed by atoms with E-state index in [1.54, 1.807) is 6.07 Å². The molecule has 0 amide bonds. The summed E-state index contributed by atoms with van der Waals surface area (Å²) in [6, 6.07) is 16.9. The summed E-state index contributed by atoms with van der Waals surface area (Å²) in [5.41, 5.74) is 6.46. The minimum atomic E-state index is -4.51. The molecule has 0 bridgehead atoms. The van der Waals surface area contributed by atoms with Gasteiger partial charge in [0.25, 0.3) is 0 Å². The van der Waals surface area contributed by atoms with Gasteiger partial charge in [-0.05, 0) is 47.9 Å². The Balaban J connectivity index is 1.84. The normalized spacial score (nSPS) is 12.6. The van der Waals surface area contributed by atoms with Crippen LogP contribution in [0.3, 0.4) is 0 Å². The maximum Gasteiger partial charge on any atom is 0.417 e. The number of nitrogens with zero attached hydrogens (tertiary/aromatic N) is 2. The molecule has 1 atom stereocenters. The third-order valence-electron chi connectivity index (χ3n) is 5.44. The molecule has 0 aliphatic rings. The summed E-state index contributed by atoms with van der Waals surface area (Å²) < 4.78 is 40.7. The van der Waals surface area contributed by atoms with Crippen LogP contribution < -0.4 is 11.1 Å². The Labute approximate surface area is 189 Å². The molecule has 4 rings (SSSR count). The van der Waals surface area contributed by atoms with E-state index in [4.69, 9.17) is 5.73 Å². The smallest absolute Gasteiger partial charge is 0.417 e. The lowest BCUT2D eigenvalue weighted by Crippen LogP contribution is -2.28. The minimum absolute atomic E-state index is 0.0132. The highest BCUT2D eigenvalue weighted by molar-refractivity contribution is 5.91. The molecule has 0 aliphatic carbocycles. The number of aromatic nitrogens is 2. The fourth-order valence-corrected chi connectivity index (χ4v) is 3.57. The second-order valence-electron chi connectivity index (χ2n) is 7.74. The van der Waals surface area contributed by atoms with Gasteiger partial charge in [0.15, 0.2) is 5.82 Å². The van der Waals surface area contributed by atoms with E-state index in [1.807, 2.05) is 31.2 Å². The summed E-state index contributed by atoms with van der Waals surface area (Å²) in [5.74, 6) is 0.611. The maximum absolute atomic E-state index is 13.6. The standard InChI is InChI=1S/C25H23F3N4O/c1-2-16(29)14-30-23-18-8-4-6-10-21(18)31-24(32-23)19-13-15(11-12-22(19)33)17-7-3-5-9-20(17)25(26,27)28/h3-13,16,33H,2,14,29H2,1H3,(H,30,31,32)/t16-/m0/s1. The zero-order chi connectivity index (χ0) is 23.6. The Hall–Kier alpha value is -3.65. The quantitative estimate of drug-likeness (QED) is 0.342.